The maximum atomic E-state index is 12.1. The third-order valence-corrected chi connectivity index (χ3v) is 4.29. The van der Waals surface area contributed by atoms with Crippen LogP contribution in [-0.2, 0) is 16.8 Å². The summed E-state index contributed by atoms with van der Waals surface area (Å²) in [7, 11) is 0. The Morgan fingerprint density at radius 3 is 2.39 bits per heavy atom. The van der Waals surface area contributed by atoms with Crippen LogP contribution in [0.1, 0.15) is 38.8 Å². The fourth-order valence-corrected chi connectivity index (χ4v) is 2.60. The Morgan fingerprint density at radius 2 is 1.75 bits per heavy atom. The van der Waals surface area contributed by atoms with E-state index in [1.807, 2.05) is 49.4 Å². The number of rotatable bonds is 5. The number of hydrogen-bond donors (Lipinski definition) is 1. The average molecular weight is 376 g/mol. The molecule has 0 aliphatic rings. The van der Waals surface area contributed by atoms with Gasteiger partial charge in [0.25, 0.3) is 5.91 Å². The summed E-state index contributed by atoms with van der Waals surface area (Å²) in [4.78, 5) is 13.4. The maximum absolute atomic E-state index is 12.1. The molecule has 7 nitrogen and oxygen atoms in total. The van der Waals surface area contributed by atoms with Crippen molar-refractivity contribution in [2.24, 2.45) is 5.10 Å². The molecule has 0 fully saturated rings. The van der Waals surface area contributed by atoms with E-state index < -0.39 is 0 Å². The summed E-state index contributed by atoms with van der Waals surface area (Å²) >= 11 is 0. The molecule has 1 N–H and O–H groups in total. The van der Waals surface area contributed by atoms with E-state index in [9.17, 15) is 4.79 Å². The molecule has 0 bridgehead atoms. The molecule has 1 amide bonds. The largest absolute Gasteiger partial charge is 0.271 e. The Labute approximate surface area is 164 Å². The topological polar surface area (TPSA) is 85.1 Å². The third-order valence-electron chi connectivity index (χ3n) is 4.29. The number of benzene rings is 2. The smallest absolute Gasteiger partial charge is 0.263 e. The highest BCUT2D eigenvalue weighted by Crippen LogP contribution is 2.22. The van der Waals surface area contributed by atoms with Crippen molar-refractivity contribution >= 4 is 11.6 Å². The van der Waals surface area contributed by atoms with E-state index in [1.54, 1.807) is 0 Å². The minimum Gasteiger partial charge on any atom is -0.271 e. The first-order valence-corrected chi connectivity index (χ1v) is 9.10. The molecule has 0 saturated heterocycles. The van der Waals surface area contributed by atoms with Crippen molar-refractivity contribution in [3.8, 4) is 11.4 Å². The van der Waals surface area contributed by atoms with Gasteiger partial charge in [-0.05, 0) is 28.7 Å². The van der Waals surface area contributed by atoms with Gasteiger partial charge in [-0.15, -0.1) is 10.2 Å². The molecule has 2 aromatic carbocycles. The van der Waals surface area contributed by atoms with Crippen molar-refractivity contribution < 1.29 is 4.79 Å². The minimum absolute atomic E-state index is 0.0560. The molecule has 3 aromatic rings. The van der Waals surface area contributed by atoms with Gasteiger partial charge in [0.15, 0.2) is 0 Å². The molecule has 28 heavy (non-hydrogen) atoms. The first-order chi connectivity index (χ1) is 13.3. The summed E-state index contributed by atoms with van der Waals surface area (Å²) in [6.45, 7) is 8.31. The number of aromatic nitrogens is 4. The lowest BCUT2D eigenvalue weighted by Crippen LogP contribution is -2.25. The van der Waals surface area contributed by atoms with Gasteiger partial charge >= 0.3 is 0 Å². The van der Waals surface area contributed by atoms with Gasteiger partial charge < -0.3 is 0 Å². The molecule has 1 heterocycles. The van der Waals surface area contributed by atoms with Crippen molar-refractivity contribution in [3.05, 3.63) is 65.7 Å². The monoisotopic (exact) mass is 376 g/mol. The molecule has 7 heteroatoms. The van der Waals surface area contributed by atoms with Crippen LogP contribution in [0, 0.1) is 0 Å². The summed E-state index contributed by atoms with van der Waals surface area (Å²) in [5, 5.41) is 16.3. The summed E-state index contributed by atoms with van der Waals surface area (Å²) in [6.07, 6.45) is 0. The third kappa shape index (κ3) is 4.88. The van der Waals surface area contributed by atoms with Crippen LogP contribution in [0.25, 0.3) is 11.4 Å². The number of nitrogens with zero attached hydrogens (tertiary/aromatic N) is 5. The summed E-state index contributed by atoms with van der Waals surface area (Å²) < 4.78 is 0. The highest BCUT2D eigenvalue weighted by Gasteiger charge is 2.13. The zero-order valence-corrected chi connectivity index (χ0v) is 16.5. The lowest BCUT2D eigenvalue weighted by atomic mass is 9.86. The van der Waals surface area contributed by atoms with E-state index in [0.29, 0.717) is 5.82 Å². The van der Waals surface area contributed by atoms with Crippen molar-refractivity contribution in [2.75, 3.05) is 0 Å². The van der Waals surface area contributed by atoms with Crippen LogP contribution in [0.3, 0.4) is 0 Å². The van der Waals surface area contributed by atoms with Gasteiger partial charge in [-0.2, -0.15) is 9.90 Å². The van der Waals surface area contributed by atoms with E-state index in [1.165, 1.54) is 10.4 Å². The zero-order valence-electron chi connectivity index (χ0n) is 16.5. The van der Waals surface area contributed by atoms with Crippen molar-refractivity contribution in [3.63, 3.8) is 0 Å². The first kappa shape index (κ1) is 19.4. The Morgan fingerprint density at radius 1 is 1.07 bits per heavy atom. The van der Waals surface area contributed by atoms with Crippen molar-refractivity contribution in [2.45, 2.75) is 39.7 Å². The van der Waals surface area contributed by atoms with Crippen LogP contribution < -0.4 is 5.43 Å². The standard InChI is InChI=1S/C21H24N6O/c1-15(16-10-12-18(13-11-16)21(2,3)4)22-23-19(28)14-27-25-20(24-26-27)17-8-6-5-7-9-17/h5-13H,14H2,1-4H3,(H,23,28). The second kappa shape index (κ2) is 8.12. The average Bonchev–Trinajstić information content (AvgIpc) is 3.14. The molecule has 0 aliphatic heterocycles. The van der Waals surface area contributed by atoms with E-state index in [4.69, 9.17) is 0 Å². The zero-order chi connectivity index (χ0) is 20.1. The van der Waals surface area contributed by atoms with Gasteiger partial charge in [0.2, 0.25) is 5.82 Å². The van der Waals surface area contributed by atoms with Crippen LogP contribution in [-0.4, -0.2) is 31.8 Å². The Balaban J connectivity index is 1.60. The second-order valence-corrected chi connectivity index (χ2v) is 7.57. The molecule has 1 aromatic heterocycles. The number of nitrogens with one attached hydrogen (secondary N) is 1. The summed E-state index contributed by atoms with van der Waals surface area (Å²) in [5.74, 6) is 0.162. The van der Waals surface area contributed by atoms with Crippen LogP contribution in [0.5, 0.6) is 0 Å². The highest BCUT2D eigenvalue weighted by atomic mass is 16.2. The lowest BCUT2D eigenvalue weighted by Gasteiger charge is -2.19. The van der Waals surface area contributed by atoms with Gasteiger partial charge in [-0.1, -0.05) is 75.4 Å². The fourth-order valence-electron chi connectivity index (χ4n) is 2.60. The quantitative estimate of drug-likeness (QED) is 0.547. The maximum Gasteiger partial charge on any atom is 0.263 e. The van der Waals surface area contributed by atoms with E-state index in [0.717, 1.165) is 16.8 Å². The van der Waals surface area contributed by atoms with Crippen molar-refractivity contribution in [1.82, 2.24) is 25.6 Å². The van der Waals surface area contributed by atoms with Crippen LogP contribution in [0.2, 0.25) is 0 Å². The van der Waals surface area contributed by atoms with Gasteiger partial charge in [0.05, 0.1) is 5.71 Å². The Hall–Kier alpha value is -3.35. The Kier molecular flexibility index (Phi) is 5.63. The number of carbonyl (C=O) groups excluding carboxylic acids is 1. The number of hydrazone groups is 1. The van der Waals surface area contributed by atoms with Gasteiger partial charge in [0, 0.05) is 5.56 Å². The van der Waals surface area contributed by atoms with E-state index >= 15 is 0 Å². The summed E-state index contributed by atoms with van der Waals surface area (Å²) in [6, 6.07) is 17.7. The fraction of sp³-hybridized carbons (Fsp3) is 0.286. The van der Waals surface area contributed by atoms with E-state index in [2.05, 4.69) is 58.8 Å². The molecular formula is C21H24N6O. The molecule has 0 unspecified atom stereocenters. The molecule has 0 atom stereocenters. The van der Waals surface area contributed by atoms with Gasteiger partial charge in [0.1, 0.15) is 6.54 Å². The predicted octanol–water partition coefficient (Wildman–Crippen LogP) is 3.18. The molecule has 3 rings (SSSR count). The number of carbonyl (C=O) groups is 1. The van der Waals surface area contributed by atoms with Crippen molar-refractivity contribution in [1.29, 1.82) is 0 Å². The van der Waals surface area contributed by atoms with Crippen LogP contribution in [0.15, 0.2) is 59.7 Å². The molecule has 0 spiro atoms. The Bertz CT molecular complexity index is 968. The summed E-state index contributed by atoms with van der Waals surface area (Å²) in [5.41, 5.74) is 6.42. The molecule has 144 valence electrons. The minimum atomic E-state index is -0.317. The normalized spacial score (nSPS) is 12.1. The number of hydrogen-bond acceptors (Lipinski definition) is 5. The molecule has 0 saturated carbocycles. The lowest BCUT2D eigenvalue weighted by molar-refractivity contribution is -0.122. The van der Waals surface area contributed by atoms with E-state index in [-0.39, 0.29) is 17.9 Å². The number of amides is 1. The molecule has 0 aliphatic carbocycles. The van der Waals surface area contributed by atoms with Crippen LogP contribution >= 0.6 is 0 Å². The molecule has 0 radical (unpaired) electrons. The van der Waals surface area contributed by atoms with Crippen LogP contribution in [0.4, 0.5) is 0 Å². The van der Waals surface area contributed by atoms with Gasteiger partial charge in [-0.3, -0.25) is 4.79 Å². The predicted molar refractivity (Wildman–Crippen MR) is 109 cm³/mol. The second-order valence-electron chi connectivity index (χ2n) is 7.57. The SMILES string of the molecule is CC(=NNC(=O)Cn1nnc(-c2ccccc2)n1)c1ccc(C(C)(C)C)cc1. The van der Waals surface area contributed by atoms with Gasteiger partial charge in [-0.25, -0.2) is 5.43 Å². The highest BCUT2D eigenvalue weighted by molar-refractivity contribution is 5.99. The first-order valence-electron chi connectivity index (χ1n) is 9.10. The number of tetrazole rings is 1. The molecular weight excluding hydrogens is 352 g/mol.